The van der Waals surface area contributed by atoms with E-state index in [2.05, 4.69) is 11.2 Å². The maximum atomic E-state index is 13.4. The van der Waals surface area contributed by atoms with Crippen LogP contribution < -0.4 is 5.32 Å². The van der Waals surface area contributed by atoms with Crippen LogP contribution in [0.1, 0.15) is 31.2 Å². The number of amides is 4. The first kappa shape index (κ1) is 25.1. The Kier molecular flexibility index (Phi) is 8.49. The topological polar surface area (TPSA) is 119 Å². The third-order valence-electron chi connectivity index (χ3n) is 6.07. The lowest BCUT2D eigenvalue weighted by Gasteiger charge is -2.54. The SMILES string of the molecule is C#CCC1CC(=O)N2[C@H](CN(CCCOC)C(=O)[C@@H]2CC(=O)O)N1C(=O)NCc1ccccc1. The fourth-order valence-corrected chi connectivity index (χ4v) is 4.55. The number of methoxy groups -OCH3 is 1. The number of ether oxygens (including phenoxy) is 1. The molecule has 3 rings (SSSR count). The first-order chi connectivity index (χ1) is 16.4. The van der Waals surface area contributed by atoms with Gasteiger partial charge in [-0.2, -0.15) is 0 Å². The highest BCUT2D eigenvalue weighted by Crippen LogP contribution is 2.31. The number of piperazine rings is 1. The molecule has 0 radical (unpaired) electrons. The van der Waals surface area contributed by atoms with Crippen LogP contribution in [0.3, 0.4) is 0 Å². The van der Waals surface area contributed by atoms with Crippen molar-refractivity contribution in [3.05, 3.63) is 35.9 Å². The number of fused-ring (bicyclic) bond motifs is 1. The quantitative estimate of drug-likeness (QED) is 0.408. The summed E-state index contributed by atoms with van der Waals surface area (Å²) < 4.78 is 5.07. The summed E-state index contributed by atoms with van der Waals surface area (Å²) in [5, 5.41) is 12.3. The summed E-state index contributed by atoms with van der Waals surface area (Å²) in [6, 6.07) is 7.19. The molecule has 2 N–H and O–H groups in total. The van der Waals surface area contributed by atoms with Crippen LogP contribution in [0.4, 0.5) is 4.79 Å². The van der Waals surface area contributed by atoms with Crippen LogP contribution in [0.15, 0.2) is 30.3 Å². The minimum atomic E-state index is -1.20. The van der Waals surface area contributed by atoms with Gasteiger partial charge in [-0.15, -0.1) is 12.3 Å². The molecule has 4 amide bonds. The van der Waals surface area contributed by atoms with Gasteiger partial charge in [0.05, 0.1) is 19.0 Å². The van der Waals surface area contributed by atoms with Crippen LogP contribution in [0.5, 0.6) is 0 Å². The lowest BCUT2D eigenvalue weighted by atomic mass is 9.96. The van der Waals surface area contributed by atoms with Gasteiger partial charge >= 0.3 is 12.0 Å². The van der Waals surface area contributed by atoms with Crippen LogP contribution in [0, 0.1) is 12.3 Å². The van der Waals surface area contributed by atoms with Gasteiger partial charge in [0.25, 0.3) is 0 Å². The van der Waals surface area contributed by atoms with Crippen LogP contribution >= 0.6 is 0 Å². The highest BCUT2D eigenvalue weighted by Gasteiger charge is 2.51. The summed E-state index contributed by atoms with van der Waals surface area (Å²) in [5.41, 5.74) is 0.901. The van der Waals surface area contributed by atoms with E-state index < -0.39 is 42.6 Å². The van der Waals surface area contributed by atoms with Crippen molar-refractivity contribution in [2.75, 3.05) is 26.8 Å². The zero-order valence-corrected chi connectivity index (χ0v) is 19.2. The highest BCUT2D eigenvalue weighted by atomic mass is 16.5. The molecule has 10 nitrogen and oxygen atoms in total. The Hall–Kier alpha value is -3.58. The minimum absolute atomic E-state index is 0.0736. The third-order valence-corrected chi connectivity index (χ3v) is 6.07. The Labute approximate surface area is 198 Å². The van der Waals surface area contributed by atoms with Crippen molar-refractivity contribution >= 4 is 23.8 Å². The summed E-state index contributed by atoms with van der Waals surface area (Å²) in [5.74, 6) is 0.512. The molecule has 0 spiro atoms. The Bertz CT molecular complexity index is 947. The van der Waals surface area contributed by atoms with Gasteiger partial charge in [0, 0.05) is 39.6 Å². The molecular weight excluding hydrogens is 440 g/mol. The number of hydrogen-bond acceptors (Lipinski definition) is 5. The maximum Gasteiger partial charge on any atom is 0.319 e. The number of carboxylic acids is 1. The zero-order chi connectivity index (χ0) is 24.7. The molecule has 0 aromatic heterocycles. The monoisotopic (exact) mass is 470 g/mol. The van der Waals surface area contributed by atoms with E-state index in [1.807, 2.05) is 30.3 Å². The van der Waals surface area contributed by atoms with E-state index >= 15 is 0 Å². The molecule has 10 heteroatoms. The predicted octanol–water partition coefficient (Wildman–Crippen LogP) is 0.871. The molecule has 0 bridgehead atoms. The molecule has 1 aromatic rings. The van der Waals surface area contributed by atoms with Gasteiger partial charge in [0.2, 0.25) is 11.8 Å². The van der Waals surface area contributed by atoms with Crippen LogP contribution in [-0.2, 0) is 25.7 Å². The number of nitrogens with zero attached hydrogens (tertiary/aromatic N) is 3. The van der Waals surface area contributed by atoms with Gasteiger partial charge in [-0.1, -0.05) is 30.3 Å². The standard InChI is InChI=1S/C24H30N4O6/c1-3-8-18-13-21(29)28-19(14-22(30)31)23(32)26(11-7-12-34-2)16-20(28)27(18)24(33)25-15-17-9-5-4-6-10-17/h1,4-6,9-10,18-20H,7-8,11-16H2,2H3,(H,25,33)(H,30,31)/t18?,19-,20+/m0/s1. The van der Waals surface area contributed by atoms with Crippen LogP contribution in [-0.4, -0.2) is 88.7 Å². The zero-order valence-electron chi connectivity index (χ0n) is 19.2. The Balaban J connectivity index is 1.90. The van der Waals surface area contributed by atoms with Crippen molar-refractivity contribution in [1.82, 2.24) is 20.0 Å². The Morgan fingerprint density at radius 3 is 2.65 bits per heavy atom. The molecule has 0 aliphatic carbocycles. The van der Waals surface area contributed by atoms with Gasteiger partial charge < -0.3 is 25.0 Å². The second kappa shape index (κ2) is 11.5. The van der Waals surface area contributed by atoms with Crippen LogP contribution in [0.25, 0.3) is 0 Å². The van der Waals surface area contributed by atoms with E-state index in [1.165, 1.54) is 14.7 Å². The Morgan fingerprint density at radius 1 is 1.26 bits per heavy atom. The summed E-state index contributed by atoms with van der Waals surface area (Å²) in [7, 11) is 1.55. The van der Waals surface area contributed by atoms with Crippen molar-refractivity contribution in [3.8, 4) is 12.3 Å². The number of carboxylic acid groups (broad SMARTS) is 1. The van der Waals surface area contributed by atoms with Gasteiger partial charge in [0.1, 0.15) is 12.2 Å². The molecule has 2 saturated heterocycles. The Morgan fingerprint density at radius 2 is 2.00 bits per heavy atom. The van der Waals surface area contributed by atoms with E-state index in [0.29, 0.717) is 19.6 Å². The van der Waals surface area contributed by atoms with Crippen molar-refractivity contribution in [2.45, 2.75) is 50.5 Å². The number of carbonyl (C=O) groups excluding carboxylic acids is 3. The van der Waals surface area contributed by atoms with Gasteiger partial charge in [0.15, 0.2) is 0 Å². The smallest absolute Gasteiger partial charge is 0.319 e. The summed E-state index contributed by atoms with van der Waals surface area (Å²) >= 11 is 0. The van der Waals surface area contributed by atoms with E-state index in [0.717, 1.165) is 5.56 Å². The lowest BCUT2D eigenvalue weighted by Crippen LogP contribution is -2.74. The molecule has 2 fully saturated rings. The lowest BCUT2D eigenvalue weighted by molar-refractivity contribution is -0.172. The van der Waals surface area contributed by atoms with Crippen LogP contribution in [0.2, 0.25) is 0 Å². The number of aliphatic carboxylic acids is 1. The van der Waals surface area contributed by atoms with Crippen molar-refractivity contribution in [1.29, 1.82) is 0 Å². The van der Waals surface area contributed by atoms with E-state index in [4.69, 9.17) is 11.2 Å². The normalized spacial score (nSPS) is 22.2. The first-order valence-corrected chi connectivity index (χ1v) is 11.2. The molecule has 2 aliphatic heterocycles. The number of carbonyl (C=O) groups is 4. The molecule has 0 saturated carbocycles. The van der Waals surface area contributed by atoms with E-state index in [9.17, 15) is 24.3 Å². The first-order valence-electron chi connectivity index (χ1n) is 11.2. The highest BCUT2D eigenvalue weighted by molar-refractivity contribution is 5.93. The van der Waals surface area contributed by atoms with Crippen molar-refractivity contribution in [3.63, 3.8) is 0 Å². The fourth-order valence-electron chi connectivity index (χ4n) is 4.55. The summed E-state index contributed by atoms with van der Waals surface area (Å²) in [4.78, 5) is 55.4. The van der Waals surface area contributed by atoms with Crippen molar-refractivity contribution < 1.29 is 29.0 Å². The molecule has 34 heavy (non-hydrogen) atoms. The molecule has 3 atom stereocenters. The molecular formula is C24H30N4O6. The average Bonchev–Trinajstić information content (AvgIpc) is 2.80. The number of urea groups is 1. The molecule has 2 aliphatic rings. The number of rotatable bonds is 9. The minimum Gasteiger partial charge on any atom is -0.481 e. The van der Waals surface area contributed by atoms with E-state index in [1.54, 1.807) is 7.11 Å². The number of terminal acetylenes is 1. The maximum absolute atomic E-state index is 13.4. The largest absolute Gasteiger partial charge is 0.481 e. The average molecular weight is 471 g/mol. The van der Waals surface area contributed by atoms with Gasteiger partial charge in [-0.05, 0) is 12.0 Å². The van der Waals surface area contributed by atoms with Gasteiger partial charge in [-0.25, -0.2) is 4.79 Å². The van der Waals surface area contributed by atoms with E-state index in [-0.39, 0.29) is 31.8 Å². The molecule has 1 aromatic carbocycles. The molecule has 2 heterocycles. The molecule has 1 unspecified atom stereocenters. The second-order valence-electron chi connectivity index (χ2n) is 8.34. The van der Waals surface area contributed by atoms with Gasteiger partial charge in [-0.3, -0.25) is 19.3 Å². The second-order valence-corrected chi connectivity index (χ2v) is 8.34. The molecule has 182 valence electrons. The number of benzene rings is 1. The fraction of sp³-hybridized carbons (Fsp3) is 0.500. The summed E-state index contributed by atoms with van der Waals surface area (Å²) in [6.07, 6.45) is 4.80. The summed E-state index contributed by atoms with van der Waals surface area (Å²) in [6.45, 7) is 1.08. The van der Waals surface area contributed by atoms with Crippen molar-refractivity contribution in [2.24, 2.45) is 0 Å². The number of nitrogens with one attached hydrogen (secondary N) is 1. The number of hydrogen-bond donors (Lipinski definition) is 2. The third kappa shape index (κ3) is 5.66. The predicted molar refractivity (Wildman–Crippen MR) is 122 cm³/mol.